The van der Waals surface area contributed by atoms with Crippen LogP contribution in [0.3, 0.4) is 0 Å². The van der Waals surface area contributed by atoms with E-state index >= 15 is 0 Å². The molecule has 1 N–H and O–H groups in total. The Morgan fingerprint density at radius 2 is 1.68 bits per heavy atom. The summed E-state index contributed by atoms with van der Waals surface area (Å²) in [4.78, 5) is 12.3. The molecule has 0 aromatic carbocycles. The number of rotatable bonds is 5. The van der Waals surface area contributed by atoms with Gasteiger partial charge >= 0.3 is 0 Å². The second kappa shape index (κ2) is 6.28. The Bertz CT molecular complexity index is 290. The minimum Gasteiger partial charge on any atom is -0.353 e. The number of hydrogen-bond acceptors (Lipinski definition) is 1. The van der Waals surface area contributed by atoms with Gasteiger partial charge in [-0.25, -0.2) is 0 Å². The number of carbonyl (C=O) groups is 1. The summed E-state index contributed by atoms with van der Waals surface area (Å²) < 4.78 is 0. The van der Waals surface area contributed by atoms with Crippen LogP contribution in [0.2, 0.25) is 0 Å². The van der Waals surface area contributed by atoms with Crippen LogP contribution < -0.4 is 5.32 Å². The van der Waals surface area contributed by atoms with E-state index in [9.17, 15) is 4.79 Å². The van der Waals surface area contributed by atoms with Crippen LogP contribution in [-0.4, -0.2) is 11.9 Å². The molecule has 0 aromatic heterocycles. The van der Waals surface area contributed by atoms with Gasteiger partial charge in [-0.05, 0) is 42.9 Å². The summed E-state index contributed by atoms with van der Waals surface area (Å²) in [6.45, 7) is 13.6. The van der Waals surface area contributed by atoms with Crippen molar-refractivity contribution >= 4 is 5.91 Å². The topological polar surface area (TPSA) is 29.1 Å². The summed E-state index contributed by atoms with van der Waals surface area (Å²) in [5, 5.41) is 3.33. The lowest BCUT2D eigenvalue weighted by atomic mass is 9.63. The first-order valence-electron chi connectivity index (χ1n) is 7.99. The Morgan fingerprint density at radius 1 is 1.16 bits per heavy atom. The molecule has 1 fully saturated rings. The highest BCUT2D eigenvalue weighted by Gasteiger charge is 2.39. The zero-order chi connectivity index (χ0) is 14.7. The number of nitrogens with one attached hydrogen (secondary N) is 1. The van der Waals surface area contributed by atoms with E-state index in [-0.39, 0.29) is 11.8 Å². The van der Waals surface area contributed by atoms with Gasteiger partial charge in [-0.15, -0.1) is 0 Å². The fourth-order valence-corrected chi connectivity index (χ4v) is 4.14. The first kappa shape index (κ1) is 16.5. The molecule has 1 amide bonds. The summed E-state index contributed by atoms with van der Waals surface area (Å²) in [5.74, 6) is 0.487. The molecule has 0 saturated heterocycles. The fraction of sp³-hybridized carbons (Fsp3) is 0.941. The van der Waals surface area contributed by atoms with E-state index in [1.54, 1.807) is 0 Å². The quantitative estimate of drug-likeness (QED) is 0.779. The molecule has 1 saturated carbocycles. The van der Waals surface area contributed by atoms with Crippen LogP contribution in [0.15, 0.2) is 0 Å². The molecular formula is C17H33NO. The molecule has 0 radical (unpaired) electrons. The zero-order valence-electron chi connectivity index (χ0n) is 13.8. The molecule has 2 nitrogen and oxygen atoms in total. The van der Waals surface area contributed by atoms with Crippen LogP contribution in [0.1, 0.15) is 80.1 Å². The Morgan fingerprint density at radius 3 is 2.11 bits per heavy atom. The lowest BCUT2D eigenvalue weighted by Gasteiger charge is -2.45. The van der Waals surface area contributed by atoms with Gasteiger partial charge in [-0.2, -0.15) is 0 Å². The second-order valence-electron chi connectivity index (χ2n) is 8.01. The average molecular weight is 267 g/mol. The van der Waals surface area contributed by atoms with Crippen LogP contribution in [0.25, 0.3) is 0 Å². The minimum atomic E-state index is 0.207. The largest absolute Gasteiger partial charge is 0.353 e. The molecule has 112 valence electrons. The van der Waals surface area contributed by atoms with Crippen LogP contribution in [0.5, 0.6) is 0 Å². The van der Waals surface area contributed by atoms with Gasteiger partial charge in [0.1, 0.15) is 0 Å². The summed E-state index contributed by atoms with van der Waals surface area (Å²) in [5.41, 5.74) is 0.679. The maximum atomic E-state index is 12.3. The standard InChI is InChI=1S/C17H33NO/c1-7-9-13(8-2)15(19)18-14-10-16(3,4)12-17(5,6)11-14/h13-14H,7-12H2,1-6H3,(H,18,19). The van der Waals surface area contributed by atoms with Gasteiger partial charge in [0.25, 0.3) is 0 Å². The molecular weight excluding hydrogens is 234 g/mol. The molecule has 1 atom stereocenters. The van der Waals surface area contributed by atoms with E-state index in [4.69, 9.17) is 0 Å². The van der Waals surface area contributed by atoms with Gasteiger partial charge < -0.3 is 5.32 Å². The van der Waals surface area contributed by atoms with E-state index in [0.29, 0.717) is 16.9 Å². The lowest BCUT2D eigenvalue weighted by molar-refractivity contribution is -0.126. The third-order valence-corrected chi connectivity index (χ3v) is 4.40. The van der Waals surface area contributed by atoms with Crippen LogP contribution in [-0.2, 0) is 4.79 Å². The molecule has 0 aromatic rings. The molecule has 1 unspecified atom stereocenters. The van der Waals surface area contributed by atoms with Crippen molar-refractivity contribution in [1.82, 2.24) is 5.32 Å². The molecule has 0 aliphatic heterocycles. The molecule has 19 heavy (non-hydrogen) atoms. The van der Waals surface area contributed by atoms with Gasteiger partial charge in [-0.3, -0.25) is 4.79 Å². The summed E-state index contributed by atoms with van der Waals surface area (Å²) >= 11 is 0. The maximum absolute atomic E-state index is 12.3. The van der Waals surface area contributed by atoms with Crippen molar-refractivity contribution in [2.45, 2.75) is 86.1 Å². The van der Waals surface area contributed by atoms with Crippen molar-refractivity contribution in [1.29, 1.82) is 0 Å². The monoisotopic (exact) mass is 267 g/mol. The first-order valence-corrected chi connectivity index (χ1v) is 7.99. The Balaban J connectivity index is 2.63. The SMILES string of the molecule is CCCC(CC)C(=O)NC1CC(C)(C)CC(C)(C)C1. The summed E-state index contributed by atoms with van der Waals surface area (Å²) in [6.07, 6.45) is 6.54. The van der Waals surface area contributed by atoms with Crippen molar-refractivity contribution in [3.05, 3.63) is 0 Å². The average Bonchev–Trinajstić information content (AvgIpc) is 2.20. The van der Waals surface area contributed by atoms with Crippen molar-refractivity contribution in [3.63, 3.8) is 0 Å². The van der Waals surface area contributed by atoms with E-state index in [2.05, 4.69) is 46.9 Å². The van der Waals surface area contributed by atoms with Crippen LogP contribution >= 0.6 is 0 Å². The third-order valence-electron chi connectivity index (χ3n) is 4.40. The maximum Gasteiger partial charge on any atom is 0.223 e. The number of amides is 1. The highest BCUT2D eigenvalue weighted by atomic mass is 16.1. The Kier molecular flexibility index (Phi) is 5.46. The first-order chi connectivity index (χ1) is 8.69. The normalized spacial score (nSPS) is 23.9. The molecule has 1 rings (SSSR count). The predicted molar refractivity (Wildman–Crippen MR) is 82.0 cm³/mol. The van der Waals surface area contributed by atoms with Crippen LogP contribution in [0.4, 0.5) is 0 Å². The molecule has 1 aliphatic carbocycles. The number of carbonyl (C=O) groups excluding carboxylic acids is 1. The van der Waals surface area contributed by atoms with Gasteiger partial charge in [-0.1, -0.05) is 48.0 Å². The van der Waals surface area contributed by atoms with Crippen LogP contribution in [0, 0.1) is 16.7 Å². The van der Waals surface area contributed by atoms with E-state index in [0.717, 1.165) is 32.1 Å². The molecule has 0 spiro atoms. The van der Waals surface area contributed by atoms with Gasteiger partial charge in [0.05, 0.1) is 0 Å². The smallest absolute Gasteiger partial charge is 0.223 e. The molecule has 2 heteroatoms. The fourth-order valence-electron chi connectivity index (χ4n) is 4.14. The second-order valence-corrected chi connectivity index (χ2v) is 8.01. The Labute approximate surface area is 119 Å². The highest BCUT2D eigenvalue weighted by Crippen LogP contribution is 2.45. The highest BCUT2D eigenvalue weighted by molar-refractivity contribution is 5.78. The number of hydrogen-bond donors (Lipinski definition) is 1. The summed E-state index contributed by atoms with van der Waals surface area (Å²) in [6, 6.07) is 0.358. The minimum absolute atomic E-state index is 0.207. The third kappa shape index (κ3) is 5.16. The Hall–Kier alpha value is -0.530. The summed E-state index contributed by atoms with van der Waals surface area (Å²) in [7, 11) is 0. The van der Waals surface area contributed by atoms with Crippen molar-refractivity contribution < 1.29 is 4.79 Å². The van der Waals surface area contributed by atoms with Crippen molar-refractivity contribution in [2.24, 2.45) is 16.7 Å². The lowest BCUT2D eigenvalue weighted by Crippen LogP contribution is -2.47. The van der Waals surface area contributed by atoms with Gasteiger partial charge in [0, 0.05) is 12.0 Å². The van der Waals surface area contributed by atoms with E-state index < -0.39 is 0 Å². The molecule has 0 heterocycles. The van der Waals surface area contributed by atoms with E-state index in [1.165, 1.54) is 6.42 Å². The van der Waals surface area contributed by atoms with Gasteiger partial charge in [0.2, 0.25) is 5.91 Å². The van der Waals surface area contributed by atoms with E-state index in [1.807, 2.05) is 0 Å². The predicted octanol–water partition coefficient (Wildman–Crippen LogP) is 4.53. The molecule has 1 aliphatic rings. The van der Waals surface area contributed by atoms with Crippen molar-refractivity contribution in [2.75, 3.05) is 0 Å². The molecule has 0 bridgehead atoms. The zero-order valence-corrected chi connectivity index (χ0v) is 13.8. The van der Waals surface area contributed by atoms with Crippen molar-refractivity contribution in [3.8, 4) is 0 Å². The van der Waals surface area contributed by atoms with Gasteiger partial charge in [0.15, 0.2) is 0 Å².